The lowest BCUT2D eigenvalue weighted by molar-refractivity contribution is 0.0735. The van der Waals surface area contributed by atoms with Gasteiger partial charge in [-0.2, -0.15) is 0 Å². The van der Waals surface area contributed by atoms with Crippen LogP contribution in [-0.4, -0.2) is 11.0 Å². The van der Waals surface area contributed by atoms with E-state index in [-0.39, 0.29) is 0 Å². The normalized spacial score (nSPS) is 9.75. The number of nitrogens with zero attached hydrogens (tertiary/aromatic N) is 1. The van der Waals surface area contributed by atoms with Crippen LogP contribution in [0.25, 0.3) is 0 Å². The van der Waals surface area contributed by atoms with Crippen LogP contribution in [0.15, 0.2) is 48.8 Å². The highest BCUT2D eigenvalue weighted by Crippen LogP contribution is 2.15. The largest absolute Gasteiger partial charge is 0.423 e. The number of ether oxygens (including phenoxy) is 1. The Labute approximate surface area is 92.7 Å². The summed E-state index contributed by atoms with van der Waals surface area (Å²) in [7, 11) is 0. The summed E-state index contributed by atoms with van der Waals surface area (Å²) in [5, 5.41) is 0. The molecule has 1 heterocycles. The topological polar surface area (TPSA) is 65.2 Å². The molecule has 0 saturated carbocycles. The van der Waals surface area contributed by atoms with Crippen LogP contribution in [0.5, 0.6) is 5.75 Å². The van der Waals surface area contributed by atoms with E-state index in [9.17, 15) is 4.79 Å². The molecule has 80 valence electrons. The average Bonchev–Trinajstić information content (AvgIpc) is 2.30. The molecular weight excluding hydrogens is 204 g/mol. The molecular formula is C12H10N2O2. The maximum atomic E-state index is 11.6. The molecule has 0 bridgehead atoms. The Hall–Kier alpha value is -2.36. The van der Waals surface area contributed by atoms with Gasteiger partial charge in [0.1, 0.15) is 5.75 Å². The van der Waals surface area contributed by atoms with E-state index in [2.05, 4.69) is 4.98 Å². The summed E-state index contributed by atoms with van der Waals surface area (Å²) in [5.41, 5.74) is 6.58. The third-order valence-corrected chi connectivity index (χ3v) is 1.98. The SMILES string of the molecule is Nc1cccc(OC(=O)c2ccncc2)c1. The molecule has 2 N–H and O–H groups in total. The highest BCUT2D eigenvalue weighted by Gasteiger charge is 2.07. The first-order valence-corrected chi connectivity index (χ1v) is 4.73. The Bertz CT molecular complexity index is 497. The third kappa shape index (κ3) is 2.36. The van der Waals surface area contributed by atoms with Crippen molar-refractivity contribution in [1.29, 1.82) is 0 Å². The fourth-order valence-corrected chi connectivity index (χ4v) is 1.23. The van der Waals surface area contributed by atoms with Crippen molar-refractivity contribution in [2.75, 3.05) is 5.73 Å². The number of rotatable bonds is 2. The van der Waals surface area contributed by atoms with Gasteiger partial charge < -0.3 is 10.5 Å². The molecule has 0 aliphatic carbocycles. The summed E-state index contributed by atoms with van der Waals surface area (Å²) >= 11 is 0. The van der Waals surface area contributed by atoms with Gasteiger partial charge in [-0.3, -0.25) is 4.98 Å². The number of nitrogen functional groups attached to an aromatic ring is 1. The molecule has 1 aromatic carbocycles. The molecule has 0 radical (unpaired) electrons. The predicted molar refractivity (Wildman–Crippen MR) is 60.0 cm³/mol. The van der Waals surface area contributed by atoms with Gasteiger partial charge in [0.15, 0.2) is 0 Å². The monoisotopic (exact) mass is 214 g/mol. The first-order chi connectivity index (χ1) is 7.75. The van der Waals surface area contributed by atoms with Crippen molar-refractivity contribution in [2.45, 2.75) is 0 Å². The maximum absolute atomic E-state index is 11.6. The number of hydrogen-bond acceptors (Lipinski definition) is 4. The second-order valence-electron chi connectivity index (χ2n) is 3.20. The second-order valence-corrected chi connectivity index (χ2v) is 3.20. The summed E-state index contributed by atoms with van der Waals surface area (Å²) in [6.45, 7) is 0. The number of pyridine rings is 1. The van der Waals surface area contributed by atoms with E-state index < -0.39 is 5.97 Å². The lowest BCUT2D eigenvalue weighted by Crippen LogP contribution is -2.08. The lowest BCUT2D eigenvalue weighted by Gasteiger charge is -2.04. The van der Waals surface area contributed by atoms with E-state index in [0.29, 0.717) is 17.0 Å². The van der Waals surface area contributed by atoms with Crippen LogP contribution in [-0.2, 0) is 0 Å². The molecule has 1 aromatic heterocycles. The maximum Gasteiger partial charge on any atom is 0.343 e. The number of nitrogens with two attached hydrogens (primary N) is 1. The Morgan fingerprint density at radius 2 is 1.94 bits per heavy atom. The minimum atomic E-state index is -0.423. The van der Waals surface area contributed by atoms with Crippen LogP contribution in [0.2, 0.25) is 0 Å². The summed E-state index contributed by atoms with van der Waals surface area (Å²) in [6.07, 6.45) is 3.08. The van der Waals surface area contributed by atoms with Crippen LogP contribution in [0, 0.1) is 0 Å². The number of aromatic nitrogens is 1. The summed E-state index contributed by atoms with van der Waals surface area (Å²) in [6, 6.07) is 9.91. The van der Waals surface area contributed by atoms with Crippen LogP contribution in [0.3, 0.4) is 0 Å². The number of esters is 1. The van der Waals surface area contributed by atoms with Crippen LogP contribution in [0.4, 0.5) is 5.69 Å². The molecule has 4 nitrogen and oxygen atoms in total. The molecule has 0 amide bonds. The van der Waals surface area contributed by atoms with Crippen LogP contribution in [0.1, 0.15) is 10.4 Å². The van der Waals surface area contributed by atoms with Gasteiger partial charge in [0.05, 0.1) is 5.56 Å². The van der Waals surface area contributed by atoms with Gasteiger partial charge >= 0.3 is 5.97 Å². The van der Waals surface area contributed by atoms with Crippen molar-refractivity contribution in [3.05, 3.63) is 54.4 Å². The quantitative estimate of drug-likeness (QED) is 0.471. The molecule has 0 spiro atoms. The Kier molecular flexibility index (Phi) is 2.82. The van der Waals surface area contributed by atoms with Crippen LogP contribution >= 0.6 is 0 Å². The van der Waals surface area contributed by atoms with Gasteiger partial charge in [-0.1, -0.05) is 6.07 Å². The second kappa shape index (κ2) is 4.44. The van der Waals surface area contributed by atoms with Gasteiger partial charge in [-0.25, -0.2) is 4.79 Å². The minimum Gasteiger partial charge on any atom is -0.423 e. The minimum absolute atomic E-state index is 0.423. The summed E-state index contributed by atoms with van der Waals surface area (Å²) in [4.78, 5) is 15.5. The van der Waals surface area contributed by atoms with Gasteiger partial charge in [-0.15, -0.1) is 0 Å². The predicted octanol–water partition coefficient (Wildman–Crippen LogP) is 1.88. The lowest BCUT2D eigenvalue weighted by atomic mass is 10.2. The highest BCUT2D eigenvalue weighted by atomic mass is 16.5. The van der Waals surface area contributed by atoms with E-state index in [0.717, 1.165) is 0 Å². The molecule has 0 saturated heterocycles. The van der Waals surface area contributed by atoms with Gasteiger partial charge in [-0.05, 0) is 24.3 Å². The Morgan fingerprint density at radius 1 is 1.19 bits per heavy atom. The smallest absolute Gasteiger partial charge is 0.343 e. The highest BCUT2D eigenvalue weighted by molar-refractivity contribution is 5.90. The molecule has 2 rings (SSSR count). The van der Waals surface area contributed by atoms with Gasteiger partial charge in [0.25, 0.3) is 0 Å². The molecule has 0 fully saturated rings. The number of carbonyl (C=O) groups is 1. The Balaban J connectivity index is 2.14. The summed E-state index contributed by atoms with van der Waals surface area (Å²) in [5.74, 6) is 0.00909. The van der Waals surface area contributed by atoms with Crippen molar-refractivity contribution >= 4 is 11.7 Å². The van der Waals surface area contributed by atoms with E-state index in [4.69, 9.17) is 10.5 Å². The fraction of sp³-hybridized carbons (Fsp3) is 0. The number of hydrogen-bond donors (Lipinski definition) is 1. The van der Waals surface area contributed by atoms with E-state index in [1.54, 1.807) is 36.4 Å². The number of anilines is 1. The molecule has 0 aliphatic rings. The number of benzene rings is 1. The first-order valence-electron chi connectivity index (χ1n) is 4.73. The molecule has 16 heavy (non-hydrogen) atoms. The first kappa shape index (κ1) is 10.2. The third-order valence-electron chi connectivity index (χ3n) is 1.98. The van der Waals surface area contributed by atoms with Gasteiger partial charge in [0.2, 0.25) is 0 Å². The molecule has 4 heteroatoms. The Morgan fingerprint density at radius 3 is 2.62 bits per heavy atom. The van der Waals surface area contributed by atoms with E-state index >= 15 is 0 Å². The molecule has 0 unspecified atom stereocenters. The molecule has 2 aromatic rings. The van der Waals surface area contributed by atoms with Crippen molar-refractivity contribution in [3.8, 4) is 5.75 Å². The van der Waals surface area contributed by atoms with Crippen molar-refractivity contribution in [2.24, 2.45) is 0 Å². The van der Waals surface area contributed by atoms with Crippen molar-refractivity contribution in [1.82, 2.24) is 4.98 Å². The van der Waals surface area contributed by atoms with Crippen molar-refractivity contribution in [3.63, 3.8) is 0 Å². The zero-order chi connectivity index (χ0) is 11.4. The van der Waals surface area contributed by atoms with Gasteiger partial charge in [0, 0.05) is 24.1 Å². The van der Waals surface area contributed by atoms with Crippen molar-refractivity contribution < 1.29 is 9.53 Å². The fourth-order valence-electron chi connectivity index (χ4n) is 1.23. The number of carbonyl (C=O) groups excluding carboxylic acids is 1. The van der Waals surface area contributed by atoms with E-state index in [1.807, 2.05) is 0 Å². The molecule has 0 aliphatic heterocycles. The van der Waals surface area contributed by atoms with E-state index in [1.165, 1.54) is 12.4 Å². The molecule has 0 atom stereocenters. The van der Waals surface area contributed by atoms with Crippen LogP contribution < -0.4 is 10.5 Å². The zero-order valence-electron chi connectivity index (χ0n) is 8.46. The zero-order valence-corrected chi connectivity index (χ0v) is 8.46. The average molecular weight is 214 g/mol. The summed E-state index contributed by atoms with van der Waals surface area (Å²) < 4.78 is 5.13. The standard InChI is InChI=1S/C12H10N2O2/c13-10-2-1-3-11(8-10)16-12(15)9-4-6-14-7-5-9/h1-8H,13H2.